The fraction of sp³-hybridized carbons (Fsp3) is 0.375. The van der Waals surface area contributed by atoms with Crippen LogP contribution in [0.15, 0.2) is 29.6 Å². The maximum atomic E-state index is 12.3. The molecule has 0 aliphatic carbocycles. The van der Waals surface area contributed by atoms with Gasteiger partial charge in [0.25, 0.3) is 5.91 Å². The third kappa shape index (κ3) is 5.91. The van der Waals surface area contributed by atoms with E-state index in [9.17, 15) is 4.79 Å². The second kappa shape index (κ2) is 10.7. The van der Waals surface area contributed by atoms with E-state index in [0.717, 1.165) is 49.1 Å². The van der Waals surface area contributed by atoms with E-state index in [-0.39, 0.29) is 30.7 Å². The van der Waals surface area contributed by atoms with E-state index in [1.807, 2.05) is 24.3 Å². The van der Waals surface area contributed by atoms with E-state index >= 15 is 0 Å². The lowest BCUT2D eigenvalue weighted by Crippen LogP contribution is -2.35. The highest BCUT2D eigenvalue weighted by molar-refractivity contribution is 7.09. The first-order valence-electron chi connectivity index (χ1n) is 7.60. The number of nitrogens with one attached hydrogen (secondary N) is 1. The Labute approximate surface area is 163 Å². The van der Waals surface area contributed by atoms with Crippen molar-refractivity contribution in [2.24, 2.45) is 5.73 Å². The molecule has 0 spiro atoms. The van der Waals surface area contributed by atoms with Gasteiger partial charge in [-0.2, -0.15) is 0 Å². The van der Waals surface area contributed by atoms with Gasteiger partial charge in [-0.1, -0.05) is 18.2 Å². The Kier molecular flexibility index (Phi) is 9.34. The number of anilines is 1. The zero-order valence-corrected chi connectivity index (χ0v) is 16.1. The Bertz CT molecular complexity index is 678. The van der Waals surface area contributed by atoms with Gasteiger partial charge < -0.3 is 15.8 Å². The van der Waals surface area contributed by atoms with E-state index < -0.39 is 0 Å². The quantitative estimate of drug-likeness (QED) is 0.799. The summed E-state index contributed by atoms with van der Waals surface area (Å²) in [7, 11) is 0. The van der Waals surface area contributed by atoms with Gasteiger partial charge >= 0.3 is 0 Å². The van der Waals surface area contributed by atoms with Crippen LogP contribution in [0.1, 0.15) is 21.1 Å². The summed E-state index contributed by atoms with van der Waals surface area (Å²) in [5.41, 5.74) is 7.88. The Morgan fingerprint density at radius 1 is 1.28 bits per heavy atom. The minimum atomic E-state index is -0.199. The number of amides is 1. The van der Waals surface area contributed by atoms with Crippen molar-refractivity contribution in [3.63, 3.8) is 0 Å². The van der Waals surface area contributed by atoms with Crippen molar-refractivity contribution in [2.75, 3.05) is 31.6 Å². The fourth-order valence-electron chi connectivity index (χ4n) is 2.48. The number of morpholine rings is 1. The average molecular weight is 405 g/mol. The number of halogens is 2. The lowest BCUT2D eigenvalue weighted by atomic mass is 10.1. The predicted octanol–water partition coefficient (Wildman–Crippen LogP) is 2.53. The van der Waals surface area contributed by atoms with Crippen LogP contribution in [-0.2, 0) is 17.8 Å². The number of nitrogens with two attached hydrogens (primary N) is 1. The van der Waals surface area contributed by atoms with Gasteiger partial charge in [-0.05, 0) is 11.6 Å². The van der Waals surface area contributed by atoms with E-state index in [4.69, 9.17) is 10.5 Å². The van der Waals surface area contributed by atoms with E-state index in [2.05, 4.69) is 15.2 Å². The highest BCUT2D eigenvalue weighted by atomic mass is 35.5. The number of ether oxygens (including phenoxy) is 1. The molecule has 1 amide bonds. The highest BCUT2D eigenvalue weighted by Crippen LogP contribution is 2.19. The standard InChI is InChI=1S/C16H20N4O2S.2ClH/c17-9-15-18-14(11-23-15)16(21)19-13-4-2-1-3-12(13)10-20-5-7-22-8-6-20;;/h1-4,11H,5-10,17H2,(H,19,21);2*1H. The van der Waals surface area contributed by atoms with Crippen LogP contribution in [0.4, 0.5) is 5.69 Å². The normalized spacial score (nSPS) is 14.3. The van der Waals surface area contributed by atoms with Crippen LogP contribution in [-0.4, -0.2) is 42.1 Å². The molecule has 9 heteroatoms. The number of hydrogen-bond acceptors (Lipinski definition) is 6. The molecule has 6 nitrogen and oxygen atoms in total. The maximum Gasteiger partial charge on any atom is 0.275 e. The summed E-state index contributed by atoms with van der Waals surface area (Å²) in [5, 5.41) is 5.46. The molecule has 0 bridgehead atoms. The van der Waals surface area contributed by atoms with Crippen LogP contribution >= 0.6 is 36.2 Å². The second-order valence-electron chi connectivity index (χ2n) is 5.33. The van der Waals surface area contributed by atoms with Crippen LogP contribution in [0.25, 0.3) is 0 Å². The van der Waals surface area contributed by atoms with Crippen molar-refractivity contribution in [1.82, 2.24) is 9.88 Å². The molecule has 3 rings (SSSR count). The van der Waals surface area contributed by atoms with E-state index in [1.54, 1.807) is 5.38 Å². The molecule has 1 aromatic carbocycles. The highest BCUT2D eigenvalue weighted by Gasteiger charge is 2.15. The van der Waals surface area contributed by atoms with Crippen molar-refractivity contribution in [1.29, 1.82) is 0 Å². The molecule has 0 radical (unpaired) electrons. The van der Waals surface area contributed by atoms with Gasteiger partial charge in [-0.25, -0.2) is 4.98 Å². The molecule has 2 aromatic rings. The van der Waals surface area contributed by atoms with Gasteiger partial charge in [0.15, 0.2) is 0 Å². The van der Waals surface area contributed by atoms with Gasteiger partial charge in [-0.15, -0.1) is 36.2 Å². The third-order valence-corrected chi connectivity index (χ3v) is 4.59. The van der Waals surface area contributed by atoms with Crippen molar-refractivity contribution in [3.05, 3.63) is 45.9 Å². The van der Waals surface area contributed by atoms with Crippen LogP contribution in [0.2, 0.25) is 0 Å². The Balaban J connectivity index is 0.00000156. The monoisotopic (exact) mass is 404 g/mol. The van der Waals surface area contributed by atoms with Gasteiger partial charge in [0.2, 0.25) is 0 Å². The molecule has 1 aliphatic rings. The molecule has 1 aromatic heterocycles. The van der Waals surface area contributed by atoms with Crippen LogP contribution in [0.5, 0.6) is 0 Å². The van der Waals surface area contributed by atoms with Crippen LogP contribution in [0, 0.1) is 0 Å². The molecule has 0 saturated carbocycles. The number of aromatic nitrogens is 1. The number of hydrogen-bond donors (Lipinski definition) is 2. The zero-order chi connectivity index (χ0) is 16.1. The molecule has 138 valence electrons. The number of rotatable bonds is 5. The number of carbonyl (C=O) groups is 1. The van der Waals surface area contributed by atoms with Crippen molar-refractivity contribution < 1.29 is 9.53 Å². The molecule has 1 fully saturated rings. The predicted molar refractivity (Wildman–Crippen MR) is 105 cm³/mol. The second-order valence-corrected chi connectivity index (χ2v) is 6.27. The largest absolute Gasteiger partial charge is 0.379 e. The third-order valence-electron chi connectivity index (χ3n) is 3.72. The van der Waals surface area contributed by atoms with Gasteiger partial charge in [0.05, 0.1) is 13.2 Å². The lowest BCUT2D eigenvalue weighted by Gasteiger charge is -2.27. The number of benzene rings is 1. The molecule has 25 heavy (non-hydrogen) atoms. The van der Waals surface area contributed by atoms with Crippen molar-refractivity contribution in [3.8, 4) is 0 Å². The summed E-state index contributed by atoms with van der Waals surface area (Å²) in [5.74, 6) is -0.199. The summed E-state index contributed by atoms with van der Waals surface area (Å²) in [6.07, 6.45) is 0. The van der Waals surface area contributed by atoms with E-state index in [1.165, 1.54) is 11.3 Å². The molecule has 3 N–H and O–H groups in total. The summed E-state index contributed by atoms with van der Waals surface area (Å²) < 4.78 is 5.37. The maximum absolute atomic E-state index is 12.3. The molecule has 1 saturated heterocycles. The lowest BCUT2D eigenvalue weighted by molar-refractivity contribution is 0.0342. The number of carbonyl (C=O) groups excluding carboxylic acids is 1. The van der Waals surface area contributed by atoms with Gasteiger partial charge in [0, 0.05) is 37.2 Å². The van der Waals surface area contributed by atoms with E-state index in [0.29, 0.717) is 12.2 Å². The molecule has 0 atom stereocenters. The Morgan fingerprint density at radius 3 is 2.68 bits per heavy atom. The Hall–Kier alpha value is -1.22. The minimum Gasteiger partial charge on any atom is -0.379 e. The van der Waals surface area contributed by atoms with Gasteiger partial charge in [-0.3, -0.25) is 9.69 Å². The summed E-state index contributed by atoms with van der Waals surface area (Å²) in [4.78, 5) is 18.9. The zero-order valence-electron chi connectivity index (χ0n) is 13.6. The topological polar surface area (TPSA) is 80.5 Å². The summed E-state index contributed by atoms with van der Waals surface area (Å²) in [6.45, 7) is 4.49. The molecule has 2 heterocycles. The number of para-hydroxylation sites is 1. The molecular weight excluding hydrogens is 383 g/mol. The first-order valence-corrected chi connectivity index (χ1v) is 8.48. The summed E-state index contributed by atoms with van der Waals surface area (Å²) in [6, 6.07) is 7.87. The van der Waals surface area contributed by atoms with Crippen molar-refractivity contribution in [2.45, 2.75) is 13.1 Å². The molecular formula is C16H22Cl2N4O2S. The molecule has 0 unspecified atom stereocenters. The number of thiazole rings is 1. The minimum absolute atomic E-state index is 0. The molecule has 1 aliphatic heterocycles. The SMILES string of the molecule is Cl.Cl.NCc1nc(C(=O)Nc2ccccc2CN2CCOCC2)cs1. The fourth-order valence-corrected chi connectivity index (χ4v) is 3.13. The average Bonchev–Trinajstić information content (AvgIpc) is 3.07. The number of nitrogens with zero attached hydrogens (tertiary/aromatic N) is 2. The Morgan fingerprint density at radius 2 is 2.00 bits per heavy atom. The summed E-state index contributed by atoms with van der Waals surface area (Å²) >= 11 is 1.40. The van der Waals surface area contributed by atoms with Crippen molar-refractivity contribution >= 4 is 47.7 Å². The first-order chi connectivity index (χ1) is 11.3. The van der Waals surface area contributed by atoms with Crippen LogP contribution < -0.4 is 11.1 Å². The van der Waals surface area contributed by atoms with Crippen LogP contribution in [0.3, 0.4) is 0 Å². The smallest absolute Gasteiger partial charge is 0.275 e. The first kappa shape index (κ1) is 21.8. The van der Waals surface area contributed by atoms with Gasteiger partial charge in [0.1, 0.15) is 10.7 Å².